The molecule has 1 aromatic carbocycles. The van der Waals surface area contributed by atoms with Crippen LogP contribution in [0, 0.1) is 5.82 Å². The largest absolute Gasteiger partial charge is 0.497 e. The maximum absolute atomic E-state index is 13.8. The number of halogens is 3. The Hall–Kier alpha value is -1.14. The molecule has 0 saturated carbocycles. The highest BCUT2D eigenvalue weighted by Crippen LogP contribution is 2.18. The lowest BCUT2D eigenvalue weighted by atomic mass is 10.2. The van der Waals surface area contributed by atoms with Crippen LogP contribution in [-0.2, 0) is 6.54 Å². The molecule has 0 atom stereocenters. The number of hydrogen-bond donors (Lipinski definition) is 0. The lowest BCUT2D eigenvalue weighted by Crippen LogP contribution is -2.21. The zero-order valence-electron chi connectivity index (χ0n) is 9.99. The predicted molar refractivity (Wildman–Crippen MR) is 78.2 cm³/mol. The van der Waals surface area contributed by atoms with Gasteiger partial charge in [0, 0.05) is 22.3 Å². The van der Waals surface area contributed by atoms with Crippen molar-refractivity contribution in [3.05, 3.63) is 61.1 Å². The second kappa shape index (κ2) is 5.88. The minimum atomic E-state index is -0.401. The van der Waals surface area contributed by atoms with E-state index in [1.807, 2.05) is 0 Å². The van der Waals surface area contributed by atoms with Crippen molar-refractivity contribution in [1.29, 1.82) is 0 Å². The average molecular weight is 391 g/mol. The van der Waals surface area contributed by atoms with Crippen LogP contribution in [-0.4, -0.2) is 11.7 Å². The molecule has 3 nitrogen and oxygen atoms in total. The number of ether oxygens (including phenoxy) is 1. The maximum Gasteiger partial charge on any atom is 0.265 e. The van der Waals surface area contributed by atoms with Crippen molar-refractivity contribution >= 4 is 31.9 Å². The molecule has 2 aromatic rings. The van der Waals surface area contributed by atoms with Crippen LogP contribution in [0.25, 0.3) is 0 Å². The van der Waals surface area contributed by atoms with E-state index in [0.717, 1.165) is 4.47 Å². The first-order valence-corrected chi connectivity index (χ1v) is 6.98. The van der Waals surface area contributed by atoms with Gasteiger partial charge in [-0.05, 0) is 44.0 Å². The van der Waals surface area contributed by atoms with Crippen molar-refractivity contribution in [2.24, 2.45) is 0 Å². The Bertz CT molecular complexity index is 670. The zero-order valence-corrected chi connectivity index (χ0v) is 13.2. The van der Waals surface area contributed by atoms with E-state index >= 15 is 0 Å². The van der Waals surface area contributed by atoms with Gasteiger partial charge in [0.1, 0.15) is 11.6 Å². The molecule has 1 aromatic heterocycles. The van der Waals surface area contributed by atoms with Gasteiger partial charge in [-0.15, -0.1) is 0 Å². The number of pyridine rings is 1. The Morgan fingerprint density at radius 2 is 2.05 bits per heavy atom. The monoisotopic (exact) mass is 389 g/mol. The Labute approximate surface area is 126 Å². The number of nitrogens with zero attached hydrogens (tertiary/aromatic N) is 1. The van der Waals surface area contributed by atoms with Crippen LogP contribution < -0.4 is 10.3 Å². The van der Waals surface area contributed by atoms with Gasteiger partial charge in [-0.3, -0.25) is 4.79 Å². The Kier molecular flexibility index (Phi) is 4.42. The summed E-state index contributed by atoms with van der Waals surface area (Å²) in [5, 5.41) is 0. The third-order valence-electron chi connectivity index (χ3n) is 2.61. The van der Waals surface area contributed by atoms with Gasteiger partial charge < -0.3 is 9.30 Å². The van der Waals surface area contributed by atoms with Crippen molar-refractivity contribution < 1.29 is 9.13 Å². The highest BCUT2D eigenvalue weighted by Gasteiger charge is 2.08. The molecule has 2 rings (SSSR count). The lowest BCUT2D eigenvalue weighted by Gasteiger charge is -2.09. The van der Waals surface area contributed by atoms with Crippen LogP contribution in [0.3, 0.4) is 0 Å². The first kappa shape index (κ1) is 14.3. The van der Waals surface area contributed by atoms with Gasteiger partial charge >= 0.3 is 0 Å². The highest BCUT2D eigenvalue weighted by molar-refractivity contribution is 9.11. The van der Waals surface area contributed by atoms with Gasteiger partial charge in [-0.25, -0.2) is 4.39 Å². The summed E-state index contributed by atoms with van der Waals surface area (Å²) in [6.07, 6.45) is 1.62. The molecule has 0 bridgehead atoms. The minimum Gasteiger partial charge on any atom is -0.497 e. The van der Waals surface area contributed by atoms with Crippen molar-refractivity contribution in [2.75, 3.05) is 7.11 Å². The van der Waals surface area contributed by atoms with Crippen LogP contribution in [0.5, 0.6) is 5.75 Å². The fourth-order valence-corrected chi connectivity index (χ4v) is 2.91. The normalized spacial score (nSPS) is 10.5. The molecule has 0 fully saturated rings. The smallest absolute Gasteiger partial charge is 0.265 e. The fourth-order valence-electron chi connectivity index (χ4n) is 1.65. The molecular formula is C13H10Br2FNO2. The average Bonchev–Trinajstić information content (AvgIpc) is 2.37. The first-order valence-electron chi connectivity index (χ1n) is 5.39. The third kappa shape index (κ3) is 3.25. The maximum atomic E-state index is 13.8. The molecule has 0 unspecified atom stereocenters. The van der Waals surface area contributed by atoms with Crippen LogP contribution in [0.15, 0.2) is 44.2 Å². The summed E-state index contributed by atoms with van der Waals surface area (Å²) in [5.41, 5.74) is 0.214. The predicted octanol–water partition coefficient (Wildman–Crippen LogP) is 3.57. The number of benzene rings is 1. The molecule has 0 spiro atoms. The van der Waals surface area contributed by atoms with E-state index in [2.05, 4.69) is 31.9 Å². The lowest BCUT2D eigenvalue weighted by molar-refractivity contribution is 0.410. The van der Waals surface area contributed by atoms with Crippen LogP contribution in [0.1, 0.15) is 5.56 Å². The number of methoxy groups -OCH3 is 1. The van der Waals surface area contributed by atoms with E-state index in [-0.39, 0.29) is 12.1 Å². The standard InChI is InChI=1S/C13H10Br2FNO2/c1-19-10-3-2-8(12(16)5-10)6-17-7-9(14)4-11(15)13(17)18/h2-5,7H,6H2,1H3. The molecule has 0 amide bonds. The first-order chi connectivity index (χ1) is 9.01. The molecule has 0 aliphatic carbocycles. The summed E-state index contributed by atoms with van der Waals surface area (Å²) in [6, 6.07) is 6.22. The summed E-state index contributed by atoms with van der Waals surface area (Å²) >= 11 is 6.47. The summed E-state index contributed by atoms with van der Waals surface area (Å²) in [5.74, 6) is 0.0476. The molecular weight excluding hydrogens is 381 g/mol. The van der Waals surface area contributed by atoms with Crippen LogP contribution in [0.4, 0.5) is 4.39 Å². The molecule has 0 N–H and O–H groups in total. The second-order valence-electron chi connectivity index (χ2n) is 3.90. The van der Waals surface area contributed by atoms with E-state index in [4.69, 9.17) is 4.74 Å². The van der Waals surface area contributed by atoms with Gasteiger partial charge in [-0.1, -0.05) is 6.07 Å². The molecule has 0 aliphatic heterocycles. The SMILES string of the molecule is COc1ccc(Cn2cc(Br)cc(Br)c2=O)c(F)c1. The summed E-state index contributed by atoms with van der Waals surface area (Å²) in [6.45, 7) is 0.159. The molecule has 6 heteroatoms. The van der Waals surface area contributed by atoms with E-state index in [0.29, 0.717) is 15.8 Å². The zero-order chi connectivity index (χ0) is 14.0. The molecule has 100 valence electrons. The highest BCUT2D eigenvalue weighted by atomic mass is 79.9. The van der Waals surface area contributed by atoms with E-state index in [9.17, 15) is 9.18 Å². The summed E-state index contributed by atoms with van der Waals surface area (Å²) < 4.78 is 21.4. The van der Waals surface area contributed by atoms with Crippen molar-refractivity contribution in [3.8, 4) is 5.75 Å². The summed E-state index contributed by atoms with van der Waals surface area (Å²) in [7, 11) is 1.48. The minimum absolute atomic E-state index is 0.159. The van der Waals surface area contributed by atoms with Gasteiger partial charge in [0.15, 0.2) is 0 Å². The van der Waals surface area contributed by atoms with Gasteiger partial charge in [-0.2, -0.15) is 0 Å². The van der Waals surface area contributed by atoms with Crippen LogP contribution in [0.2, 0.25) is 0 Å². The van der Waals surface area contributed by atoms with Crippen molar-refractivity contribution in [2.45, 2.75) is 6.54 Å². The van der Waals surface area contributed by atoms with E-state index in [1.54, 1.807) is 24.4 Å². The number of aromatic nitrogens is 1. The third-order valence-corrected chi connectivity index (χ3v) is 3.61. The Balaban J connectivity index is 2.39. The van der Waals surface area contributed by atoms with Crippen molar-refractivity contribution in [3.63, 3.8) is 0 Å². The molecule has 0 saturated heterocycles. The van der Waals surface area contributed by atoms with E-state index in [1.165, 1.54) is 17.7 Å². The molecule has 0 radical (unpaired) electrons. The molecule has 0 aliphatic rings. The van der Waals surface area contributed by atoms with Gasteiger partial charge in [0.25, 0.3) is 5.56 Å². The molecule has 19 heavy (non-hydrogen) atoms. The Morgan fingerprint density at radius 3 is 2.68 bits per heavy atom. The van der Waals surface area contributed by atoms with Crippen LogP contribution >= 0.6 is 31.9 Å². The van der Waals surface area contributed by atoms with Crippen molar-refractivity contribution in [1.82, 2.24) is 4.57 Å². The number of hydrogen-bond acceptors (Lipinski definition) is 2. The topological polar surface area (TPSA) is 31.2 Å². The quantitative estimate of drug-likeness (QED) is 0.802. The Morgan fingerprint density at radius 1 is 1.32 bits per heavy atom. The number of rotatable bonds is 3. The van der Waals surface area contributed by atoms with E-state index < -0.39 is 5.82 Å². The van der Waals surface area contributed by atoms with Gasteiger partial charge in [0.2, 0.25) is 0 Å². The summed E-state index contributed by atoms with van der Waals surface area (Å²) in [4.78, 5) is 11.9. The fraction of sp³-hybridized carbons (Fsp3) is 0.154. The second-order valence-corrected chi connectivity index (χ2v) is 5.67. The molecule has 1 heterocycles. The van der Waals surface area contributed by atoms with Gasteiger partial charge in [0.05, 0.1) is 18.1 Å².